The van der Waals surface area contributed by atoms with Crippen LogP contribution in [0.2, 0.25) is 0 Å². The number of anilines is 2. The summed E-state index contributed by atoms with van der Waals surface area (Å²) in [5.41, 5.74) is 6.39. The zero-order valence-electron chi connectivity index (χ0n) is 28.0. The summed E-state index contributed by atoms with van der Waals surface area (Å²) < 4.78 is 12.3. The van der Waals surface area contributed by atoms with Crippen LogP contribution in [0.1, 0.15) is 36.8 Å². The van der Waals surface area contributed by atoms with Crippen LogP contribution in [0.3, 0.4) is 0 Å². The molecule has 5 aromatic rings. The Morgan fingerprint density at radius 1 is 0.633 bits per heavy atom. The van der Waals surface area contributed by atoms with E-state index in [4.69, 9.17) is 14.5 Å². The zero-order valence-corrected chi connectivity index (χ0v) is 28.0. The van der Waals surface area contributed by atoms with Gasteiger partial charge in [-0.1, -0.05) is 91.0 Å². The normalized spacial score (nSPS) is 15.3. The summed E-state index contributed by atoms with van der Waals surface area (Å²) in [5.74, 6) is 1.73. The maximum Gasteiger partial charge on any atom is 0.324 e. The number of aromatic nitrogens is 1. The van der Waals surface area contributed by atoms with Gasteiger partial charge in [0.05, 0.1) is 0 Å². The third kappa shape index (κ3) is 8.23. The number of pyridine rings is 1. The summed E-state index contributed by atoms with van der Waals surface area (Å²) in [5, 5.41) is 0. The molecule has 7 heteroatoms. The Hall–Kier alpha value is -5.30. The molecule has 0 bridgehead atoms. The molecule has 0 atom stereocenters. The van der Waals surface area contributed by atoms with E-state index in [2.05, 4.69) is 46.2 Å². The molecule has 2 amide bonds. The van der Waals surface area contributed by atoms with Gasteiger partial charge in [0.25, 0.3) is 0 Å². The van der Waals surface area contributed by atoms with Crippen molar-refractivity contribution in [3.63, 3.8) is 0 Å². The van der Waals surface area contributed by atoms with Gasteiger partial charge in [0.2, 0.25) is 11.8 Å². The van der Waals surface area contributed by atoms with Crippen LogP contribution >= 0.6 is 0 Å². The number of carbonyl (C=O) groups excluding carboxylic acids is 1. The molecule has 7 nitrogen and oxygen atoms in total. The summed E-state index contributed by atoms with van der Waals surface area (Å²) in [7, 11) is 0. The molecule has 0 radical (unpaired) electrons. The number of urea groups is 1. The molecule has 4 aromatic carbocycles. The summed E-state index contributed by atoms with van der Waals surface area (Å²) in [6.45, 7) is 5.39. The first kappa shape index (κ1) is 32.3. The number of para-hydroxylation sites is 1. The Morgan fingerprint density at radius 3 is 1.94 bits per heavy atom. The molecular weight excluding hydrogens is 608 g/mol. The van der Waals surface area contributed by atoms with Gasteiger partial charge in [0.15, 0.2) is 0 Å². The van der Waals surface area contributed by atoms with Gasteiger partial charge in [-0.3, -0.25) is 4.90 Å². The van der Waals surface area contributed by atoms with Crippen molar-refractivity contribution in [1.82, 2.24) is 9.88 Å². The van der Waals surface area contributed by atoms with E-state index in [1.807, 2.05) is 95.9 Å². The molecule has 0 saturated carbocycles. The predicted molar refractivity (Wildman–Crippen MR) is 196 cm³/mol. The molecule has 3 heterocycles. The van der Waals surface area contributed by atoms with E-state index in [0.717, 1.165) is 86.3 Å². The maximum absolute atomic E-state index is 13.2. The Bertz CT molecular complexity index is 1780. The predicted octanol–water partition coefficient (Wildman–Crippen LogP) is 8.85. The van der Waals surface area contributed by atoms with Gasteiger partial charge in [-0.25, -0.2) is 4.79 Å². The minimum absolute atomic E-state index is 0.146. The number of ether oxygens (including phenoxy) is 2. The molecule has 2 aliphatic heterocycles. The second kappa shape index (κ2) is 15.7. The van der Waals surface area contributed by atoms with E-state index in [9.17, 15) is 4.79 Å². The molecule has 250 valence electrons. The topological polar surface area (TPSA) is 58.1 Å². The van der Waals surface area contributed by atoms with Crippen molar-refractivity contribution in [1.29, 1.82) is 0 Å². The van der Waals surface area contributed by atoms with E-state index in [1.165, 1.54) is 5.69 Å². The Balaban J connectivity index is 0.958. The van der Waals surface area contributed by atoms with Gasteiger partial charge >= 0.3 is 6.03 Å². The molecule has 1 aromatic heterocycles. The van der Waals surface area contributed by atoms with Gasteiger partial charge in [-0.15, -0.1) is 0 Å². The van der Waals surface area contributed by atoms with Crippen LogP contribution in [0.4, 0.5) is 16.2 Å². The first-order chi connectivity index (χ1) is 24.2. The number of amides is 2. The lowest BCUT2D eigenvalue weighted by molar-refractivity contribution is 0.188. The van der Waals surface area contributed by atoms with Crippen LogP contribution in [0.25, 0.3) is 11.1 Å². The number of piperidine rings is 1. The zero-order chi connectivity index (χ0) is 33.3. The van der Waals surface area contributed by atoms with Crippen molar-refractivity contribution >= 4 is 17.4 Å². The lowest BCUT2D eigenvalue weighted by atomic mass is 9.92. The molecule has 0 N–H and O–H groups in total. The van der Waals surface area contributed by atoms with Crippen molar-refractivity contribution < 1.29 is 14.3 Å². The molecular formula is C42H44N4O3. The van der Waals surface area contributed by atoms with Crippen LogP contribution in [0, 0.1) is 5.92 Å². The molecule has 7 rings (SSSR count). The molecule has 0 aliphatic carbocycles. The number of carbonyl (C=O) groups is 1. The van der Waals surface area contributed by atoms with Crippen molar-refractivity contribution in [3.8, 4) is 22.9 Å². The highest BCUT2D eigenvalue weighted by atomic mass is 16.5. The highest BCUT2D eigenvalue weighted by Crippen LogP contribution is 2.34. The molecule has 0 spiro atoms. The monoisotopic (exact) mass is 652 g/mol. The Kier molecular flexibility index (Phi) is 10.4. The Labute approximate surface area is 289 Å². The maximum atomic E-state index is 13.2. The molecule has 2 saturated heterocycles. The van der Waals surface area contributed by atoms with E-state index < -0.39 is 0 Å². The smallest absolute Gasteiger partial charge is 0.324 e. The molecule has 49 heavy (non-hydrogen) atoms. The van der Waals surface area contributed by atoms with Gasteiger partial charge < -0.3 is 19.3 Å². The van der Waals surface area contributed by atoms with Crippen LogP contribution < -0.4 is 19.3 Å². The number of nitrogens with zero attached hydrogens (tertiary/aromatic N) is 4. The Morgan fingerprint density at radius 2 is 1.27 bits per heavy atom. The third-order valence-corrected chi connectivity index (χ3v) is 9.63. The first-order valence-corrected chi connectivity index (χ1v) is 17.5. The van der Waals surface area contributed by atoms with E-state index in [1.54, 1.807) is 0 Å². The number of hydrogen-bond donors (Lipinski definition) is 0. The summed E-state index contributed by atoms with van der Waals surface area (Å²) >= 11 is 0. The molecule has 2 fully saturated rings. The lowest BCUT2D eigenvalue weighted by Crippen LogP contribution is -2.50. The number of hydrogen-bond acceptors (Lipinski definition) is 5. The van der Waals surface area contributed by atoms with Crippen LogP contribution in [0.5, 0.6) is 11.8 Å². The van der Waals surface area contributed by atoms with Crippen molar-refractivity contribution in [3.05, 3.63) is 139 Å². The quantitative estimate of drug-likeness (QED) is 0.135. The minimum atomic E-state index is 0.146. The fourth-order valence-corrected chi connectivity index (χ4v) is 6.80. The minimum Gasteiger partial charge on any atom is -0.473 e. The number of benzene rings is 4. The summed E-state index contributed by atoms with van der Waals surface area (Å²) in [4.78, 5) is 24.5. The van der Waals surface area contributed by atoms with Crippen molar-refractivity contribution in [2.45, 2.75) is 38.9 Å². The van der Waals surface area contributed by atoms with Crippen molar-refractivity contribution in [2.24, 2.45) is 5.92 Å². The van der Waals surface area contributed by atoms with Gasteiger partial charge in [-0.05, 0) is 78.6 Å². The largest absolute Gasteiger partial charge is 0.473 e. The van der Waals surface area contributed by atoms with Crippen molar-refractivity contribution in [2.75, 3.05) is 42.5 Å². The first-order valence-electron chi connectivity index (χ1n) is 17.5. The van der Waals surface area contributed by atoms with E-state index in [0.29, 0.717) is 30.9 Å². The van der Waals surface area contributed by atoms with Crippen LogP contribution in [-0.4, -0.2) is 48.6 Å². The molecule has 2 aliphatic rings. The fraction of sp³-hybridized carbons (Fsp3) is 0.286. The molecule has 0 unspecified atom stereocenters. The van der Waals surface area contributed by atoms with E-state index >= 15 is 0 Å². The highest BCUT2D eigenvalue weighted by molar-refractivity contribution is 5.92. The summed E-state index contributed by atoms with van der Waals surface area (Å²) in [6.07, 6.45) is 4.35. The second-order valence-electron chi connectivity index (χ2n) is 12.9. The summed E-state index contributed by atoms with van der Waals surface area (Å²) in [6, 6.07) is 43.2. The average Bonchev–Trinajstić information content (AvgIpc) is 3.17. The highest BCUT2D eigenvalue weighted by Gasteiger charge is 2.28. The van der Waals surface area contributed by atoms with E-state index in [-0.39, 0.29) is 6.03 Å². The van der Waals surface area contributed by atoms with Crippen LogP contribution in [-0.2, 0) is 13.2 Å². The lowest BCUT2D eigenvalue weighted by Gasteiger charge is -2.38. The van der Waals surface area contributed by atoms with Gasteiger partial charge in [-0.2, -0.15) is 4.98 Å². The fourth-order valence-electron chi connectivity index (χ4n) is 6.80. The average molecular weight is 653 g/mol. The second-order valence-corrected chi connectivity index (χ2v) is 12.9. The van der Waals surface area contributed by atoms with Gasteiger partial charge in [0.1, 0.15) is 13.2 Å². The van der Waals surface area contributed by atoms with Gasteiger partial charge in [0, 0.05) is 55.7 Å². The number of rotatable bonds is 12. The van der Waals surface area contributed by atoms with Crippen LogP contribution in [0.15, 0.2) is 127 Å². The third-order valence-electron chi connectivity index (χ3n) is 9.63. The SMILES string of the molecule is O=C1N(CCC2CCN(c3ccc(-c4ccc(OCc5ccccc5)nc4OCc4ccccc4)cc3)CC2)CCCN1c1ccccc1. The standard InChI is InChI=1S/C42H44N4O3/c47-42-45(26-10-27-46(42)38-15-8-3-9-16-38)30-25-33-23-28-44(29-24-33)37-19-17-36(18-20-37)39-21-22-40(48-31-34-11-4-1-5-12-34)43-41(39)49-32-35-13-6-2-7-14-35/h1-9,11-22,33H,10,23-32H2.